The molecule has 10 heteroatoms. The fourth-order valence-electron chi connectivity index (χ4n) is 8.20. The number of anilines is 3. The van der Waals surface area contributed by atoms with Crippen molar-refractivity contribution in [2.24, 2.45) is 11.8 Å². The first-order valence-electron chi connectivity index (χ1n) is 17.4. The van der Waals surface area contributed by atoms with Crippen LogP contribution in [0.5, 0.6) is 5.75 Å². The van der Waals surface area contributed by atoms with Gasteiger partial charge in [0.05, 0.1) is 37.1 Å². The maximum atomic E-state index is 16.5. The third-order valence-electron chi connectivity index (χ3n) is 10.4. The zero-order valence-corrected chi connectivity index (χ0v) is 29.0. The number of aliphatic hydroxyl groups excluding tert-OH is 1. The minimum atomic E-state index is -1.83. The number of carbonyl (C=O) groups is 3. The van der Waals surface area contributed by atoms with Crippen molar-refractivity contribution in [1.82, 2.24) is 4.90 Å². The van der Waals surface area contributed by atoms with Crippen LogP contribution in [0.3, 0.4) is 0 Å². The predicted molar refractivity (Wildman–Crippen MR) is 191 cm³/mol. The van der Waals surface area contributed by atoms with Crippen molar-refractivity contribution in [1.29, 1.82) is 0 Å². The first-order valence-corrected chi connectivity index (χ1v) is 17.4. The Hall–Kier alpha value is -5.06. The van der Waals surface area contributed by atoms with E-state index < -0.39 is 29.2 Å². The summed E-state index contributed by atoms with van der Waals surface area (Å²) in [5.74, 6) is -1.93. The highest BCUT2D eigenvalue weighted by Crippen LogP contribution is 2.59. The zero-order valence-electron chi connectivity index (χ0n) is 29.0. The summed E-state index contributed by atoms with van der Waals surface area (Å²) in [6.07, 6.45) is -1.15. The van der Waals surface area contributed by atoms with Gasteiger partial charge in [-0.3, -0.25) is 19.3 Å². The molecule has 0 bridgehead atoms. The minimum absolute atomic E-state index is 0.0931. The van der Waals surface area contributed by atoms with Crippen molar-refractivity contribution in [3.8, 4) is 5.75 Å². The number of rotatable bonds is 10. The summed E-state index contributed by atoms with van der Waals surface area (Å²) >= 11 is 0. The summed E-state index contributed by atoms with van der Waals surface area (Å²) in [5, 5.41) is 9.85. The number of alkyl halides is 1. The van der Waals surface area contributed by atoms with E-state index in [1.165, 1.54) is 13.8 Å². The highest BCUT2D eigenvalue weighted by molar-refractivity contribution is 6.09. The molecule has 3 aliphatic rings. The maximum absolute atomic E-state index is 16.5. The van der Waals surface area contributed by atoms with E-state index >= 15 is 4.39 Å². The van der Waals surface area contributed by atoms with Gasteiger partial charge in [0.1, 0.15) is 11.4 Å². The van der Waals surface area contributed by atoms with Crippen molar-refractivity contribution < 1.29 is 33.4 Å². The smallest absolute Gasteiger partial charge is 0.269 e. The van der Waals surface area contributed by atoms with Crippen molar-refractivity contribution >= 4 is 34.8 Å². The second kappa shape index (κ2) is 13.6. The number of hydrogen-bond donors (Lipinski definition) is 1. The molecular weight excluding hydrogens is 649 g/mol. The molecule has 3 amide bonds. The minimum Gasteiger partial charge on any atom is -0.482 e. The normalized spacial score (nSPS) is 22.6. The van der Waals surface area contributed by atoms with Crippen LogP contribution in [0.25, 0.3) is 0 Å². The van der Waals surface area contributed by atoms with Gasteiger partial charge >= 0.3 is 0 Å². The molecule has 7 rings (SSSR count). The lowest BCUT2D eigenvalue weighted by Gasteiger charge is -2.33. The van der Waals surface area contributed by atoms with Crippen LogP contribution in [0.2, 0.25) is 0 Å². The molecule has 0 radical (unpaired) electrons. The van der Waals surface area contributed by atoms with Crippen LogP contribution in [0, 0.1) is 11.8 Å². The number of hydrogen-bond acceptors (Lipinski definition) is 6. The van der Waals surface area contributed by atoms with Gasteiger partial charge in [0, 0.05) is 36.2 Å². The van der Waals surface area contributed by atoms with Gasteiger partial charge in [-0.2, -0.15) is 0 Å². The molecule has 0 unspecified atom stereocenters. The van der Waals surface area contributed by atoms with E-state index in [1.54, 1.807) is 39.0 Å². The van der Waals surface area contributed by atoms with Gasteiger partial charge in [-0.1, -0.05) is 79.7 Å². The van der Waals surface area contributed by atoms with E-state index in [1.807, 2.05) is 85.8 Å². The Morgan fingerprint density at radius 2 is 1.61 bits per heavy atom. The molecule has 4 aromatic carbocycles. The SMILES string of the molecule is C[C@@H]1[C@@H](C(C)(C)F)[C@H](CC(=O)N(CCO)Cc2ccccc2)O[C@@]12C(=O)N(Cc1ccccc1)c1ccc(N3C(=O)COc4ccccc43)cc12. The van der Waals surface area contributed by atoms with Gasteiger partial charge in [-0.25, -0.2) is 4.39 Å². The Bertz CT molecular complexity index is 1930. The Morgan fingerprint density at radius 3 is 2.29 bits per heavy atom. The average molecular weight is 692 g/mol. The van der Waals surface area contributed by atoms with E-state index in [9.17, 15) is 19.5 Å². The van der Waals surface area contributed by atoms with Gasteiger partial charge < -0.3 is 24.4 Å². The highest BCUT2D eigenvalue weighted by atomic mass is 19.1. The molecule has 3 aliphatic heterocycles. The lowest BCUT2D eigenvalue weighted by atomic mass is 9.71. The highest BCUT2D eigenvalue weighted by Gasteiger charge is 2.66. The second-order valence-corrected chi connectivity index (χ2v) is 14.1. The van der Waals surface area contributed by atoms with Crippen LogP contribution in [0.15, 0.2) is 103 Å². The standard InChI is InChI=1S/C41H42FN3O6/c1-27-38(40(2,3)42)35(23-36(47)43(20-21-46)24-28-12-6-4-7-13-28)51-41(27)31-22-30(45-33-16-10-11-17-34(33)50-26-37(45)48)18-19-32(31)44(39(41)49)25-29-14-8-5-9-15-29/h4-19,22,27,35,38,46H,20-21,23-26H2,1-3H3/t27-,35+,38-,41+/m1/s1. The van der Waals surface area contributed by atoms with Gasteiger partial charge in [-0.15, -0.1) is 0 Å². The van der Waals surface area contributed by atoms with Crippen LogP contribution in [-0.4, -0.2) is 59.3 Å². The molecule has 1 saturated heterocycles. The quantitative estimate of drug-likeness (QED) is 0.210. The Morgan fingerprint density at radius 1 is 0.941 bits per heavy atom. The first-order chi connectivity index (χ1) is 24.5. The molecule has 4 aromatic rings. The van der Waals surface area contributed by atoms with Crippen LogP contribution in [0.4, 0.5) is 21.5 Å². The molecule has 0 aromatic heterocycles. The summed E-state index contributed by atoms with van der Waals surface area (Å²) < 4.78 is 29.1. The summed E-state index contributed by atoms with van der Waals surface area (Å²) in [6.45, 7) is 4.96. The van der Waals surface area contributed by atoms with E-state index in [2.05, 4.69) is 0 Å². The number of ether oxygens (including phenoxy) is 2. The molecule has 4 atom stereocenters. The van der Waals surface area contributed by atoms with Crippen molar-refractivity contribution in [2.45, 2.75) is 57.7 Å². The molecule has 3 heterocycles. The van der Waals surface area contributed by atoms with Crippen molar-refractivity contribution in [3.63, 3.8) is 0 Å². The van der Waals surface area contributed by atoms with Gasteiger partial charge in [0.25, 0.3) is 11.8 Å². The number of benzene rings is 4. The molecule has 9 nitrogen and oxygen atoms in total. The van der Waals surface area contributed by atoms with E-state index in [4.69, 9.17) is 9.47 Å². The number of aliphatic hydroxyl groups is 1. The number of nitrogens with zero attached hydrogens (tertiary/aromatic N) is 3. The predicted octanol–water partition coefficient (Wildman–Crippen LogP) is 6.30. The molecule has 1 spiro atoms. The van der Waals surface area contributed by atoms with Crippen LogP contribution >= 0.6 is 0 Å². The van der Waals surface area contributed by atoms with E-state index in [0.717, 1.165) is 11.1 Å². The molecule has 0 saturated carbocycles. The largest absolute Gasteiger partial charge is 0.482 e. The molecule has 1 fully saturated rings. The fourth-order valence-corrected chi connectivity index (χ4v) is 8.20. The molecule has 51 heavy (non-hydrogen) atoms. The Kier molecular flexibility index (Phi) is 9.16. The number of carbonyl (C=O) groups excluding carboxylic acids is 3. The van der Waals surface area contributed by atoms with Gasteiger partial charge in [0.2, 0.25) is 5.91 Å². The molecule has 0 aliphatic carbocycles. The first kappa shape index (κ1) is 34.4. The third kappa shape index (κ3) is 6.16. The Labute approximate surface area is 297 Å². The van der Waals surface area contributed by atoms with Crippen LogP contribution in [-0.2, 0) is 37.8 Å². The van der Waals surface area contributed by atoms with E-state index in [0.29, 0.717) is 28.4 Å². The lowest BCUT2D eigenvalue weighted by molar-refractivity contribution is -0.150. The van der Waals surface area contributed by atoms with Gasteiger partial charge in [0.15, 0.2) is 12.2 Å². The van der Waals surface area contributed by atoms with E-state index in [-0.39, 0.29) is 57.0 Å². The van der Waals surface area contributed by atoms with Crippen molar-refractivity contribution in [3.05, 3.63) is 120 Å². The Balaban J connectivity index is 1.31. The third-order valence-corrected chi connectivity index (χ3v) is 10.4. The number of amides is 3. The summed E-state index contributed by atoms with van der Waals surface area (Å²) in [4.78, 5) is 47.1. The number of para-hydroxylation sites is 2. The average Bonchev–Trinajstić information content (AvgIpc) is 3.54. The molecule has 264 valence electrons. The van der Waals surface area contributed by atoms with Crippen molar-refractivity contribution in [2.75, 3.05) is 29.6 Å². The summed E-state index contributed by atoms with van der Waals surface area (Å²) in [7, 11) is 0. The number of halogens is 1. The molecular formula is C41H42FN3O6. The fraction of sp³-hybridized carbons (Fsp3) is 0.341. The summed E-state index contributed by atoms with van der Waals surface area (Å²) in [5.41, 5.74) is 0.521. The monoisotopic (exact) mass is 691 g/mol. The zero-order chi connectivity index (χ0) is 35.9. The molecule has 1 N–H and O–H groups in total. The topological polar surface area (TPSA) is 99.6 Å². The van der Waals surface area contributed by atoms with Gasteiger partial charge in [-0.05, 0) is 55.3 Å². The number of fused-ring (bicyclic) bond motifs is 3. The summed E-state index contributed by atoms with van der Waals surface area (Å²) in [6, 6.07) is 31.7. The van der Waals surface area contributed by atoms with Crippen LogP contribution < -0.4 is 14.5 Å². The van der Waals surface area contributed by atoms with Crippen LogP contribution in [0.1, 0.15) is 43.9 Å². The maximum Gasteiger partial charge on any atom is 0.269 e. The second-order valence-electron chi connectivity index (χ2n) is 14.1. The lowest BCUT2D eigenvalue weighted by Crippen LogP contribution is -2.45.